The molecule has 0 fully saturated rings. The fourth-order valence-electron chi connectivity index (χ4n) is 3.08. The Labute approximate surface area is 139 Å². The number of H-pyrrole nitrogens is 3. The zero-order chi connectivity index (χ0) is 17.0. The molecule has 0 aliphatic carbocycles. The molecule has 0 aliphatic heterocycles. The first-order valence-electron chi connectivity index (χ1n) is 7.62. The molecule has 0 saturated heterocycles. The van der Waals surface area contributed by atoms with Gasteiger partial charge in [0.25, 0.3) is 5.91 Å². The van der Waals surface area contributed by atoms with Crippen molar-refractivity contribution < 1.29 is 9.90 Å². The van der Waals surface area contributed by atoms with Crippen molar-refractivity contribution in [3.63, 3.8) is 0 Å². The summed E-state index contributed by atoms with van der Waals surface area (Å²) in [5, 5.41) is 28.1. The quantitative estimate of drug-likeness (QED) is 0.341. The number of nitrogens with one attached hydrogen (secondary N) is 4. The molecule has 0 bridgehead atoms. The van der Waals surface area contributed by atoms with Crippen LogP contribution in [0, 0.1) is 0 Å². The van der Waals surface area contributed by atoms with Crippen LogP contribution in [0.3, 0.4) is 0 Å². The molecule has 5 N–H and O–H groups in total. The van der Waals surface area contributed by atoms with E-state index in [-0.39, 0.29) is 17.6 Å². The summed E-state index contributed by atoms with van der Waals surface area (Å²) in [7, 11) is 0. The second kappa shape index (κ2) is 4.84. The Morgan fingerprint density at radius 3 is 2.80 bits per heavy atom. The van der Waals surface area contributed by atoms with Gasteiger partial charge >= 0.3 is 0 Å². The molecule has 3 aromatic heterocycles. The van der Waals surface area contributed by atoms with Gasteiger partial charge in [-0.2, -0.15) is 10.2 Å². The minimum absolute atomic E-state index is 0.106. The highest BCUT2D eigenvalue weighted by atomic mass is 16.3. The molecule has 0 saturated carbocycles. The number of rotatable bonds is 2. The van der Waals surface area contributed by atoms with Crippen LogP contribution >= 0.6 is 0 Å². The SMILES string of the molecule is O=C(Nc1cc(O)[nH]n1)c1ccc2[nH]c3c(ccc4cn[nH]c43)c2c1. The van der Waals surface area contributed by atoms with Gasteiger partial charge in [0.2, 0.25) is 5.88 Å². The number of fused-ring (bicyclic) bond motifs is 5. The molecule has 8 nitrogen and oxygen atoms in total. The van der Waals surface area contributed by atoms with Crippen molar-refractivity contribution >= 4 is 44.4 Å². The summed E-state index contributed by atoms with van der Waals surface area (Å²) in [6, 6.07) is 10.8. The lowest BCUT2D eigenvalue weighted by Gasteiger charge is -2.02. The Morgan fingerprint density at radius 2 is 1.96 bits per heavy atom. The number of carbonyl (C=O) groups excluding carboxylic acids is 1. The average Bonchev–Trinajstić information content (AvgIpc) is 3.31. The maximum atomic E-state index is 12.4. The van der Waals surface area contributed by atoms with Crippen LogP contribution in [0.2, 0.25) is 0 Å². The second-order valence-corrected chi connectivity index (χ2v) is 5.80. The first-order valence-corrected chi connectivity index (χ1v) is 7.62. The van der Waals surface area contributed by atoms with Gasteiger partial charge in [0.05, 0.1) is 17.2 Å². The molecule has 0 aliphatic rings. The third kappa shape index (κ3) is 2.04. The maximum absolute atomic E-state index is 12.4. The summed E-state index contributed by atoms with van der Waals surface area (Å²) in [5.41, 5.74) is 3.33. The highest BCUT2D eigenvalue weighted by molar-refractivity contribution is 6.17. The molecule has 1 amide bonds. The lowest BCUT2D eigenvalue weighted by atomic mass is 10.1. The number of amides is 1. The topological polar surface area (TPSA) is 122 Å². The molecule has 5 rings (SSSR count). The van der Waals surface area contributed by atoms with E-state index in [9.17, 15) is 9.90 Å². The number of hydrogen-bond acceptors (Lipinski definition) is 4. The summed E-state index contributed by atoms with van der Waals surface area (Å²) >= 11 is 0. The number of aromatic hydroxyl groups is 1. The Morgan fingerprint density at radius 1 is 1.04 bits per heavy atom. The molecule has 5 aromatic rings. The van der Waals surface area contributed by atoms with Crippen LogP contribution in [0.4, 0.5) is 5.82 Å². The van der Waals surface area contributed by atoms with Gasteiger partial charge in [-0.15, -0.1) is 0 Å². The summed E-state index contributed by atoms with van der Waals surface area (Å²) in [6.45, 7) is 0. The van der Waals surface area contributed by atoms with Gasteiger partial charge in [0, 0.05) is 33.3 Å². The molecule has 8 heteroatoms. The number of aromatic amines is 3. The third-order valence-corrected chi connectivity index (χ3v) is 4.26. The van der Waals surface area contributed by atoms with Gasteiger partial charge in [-0.3, -0.25) is 9.89 Å². The van der Waals surface area contributed by atoms with Gasteiger partial charge < -0.3 is 15.4 Å². The first-order chi connectivity index (χ1) is 12.2. The van der Waals surface area contributed by atoms with E-state index < -0.39 is 0 Å². The van der Waals surface area contributed by atoms with E-state index in [0.29, 0.717) is 5.56 Å². The maximum Gasteiger partial charge on any atom is 0.256 e. The van der Waals surface area contributed by atoms with Crippen molar-refractivity contribution in [2.24, 2.45) is 0 Å². The van der Waals surface area contributed by atoms with Crippen molar-refractivity contribution in [3.05, 3.63) is 48.2 Å². The van der Waals surface area contributed by atoms with Crippen LogP contribution in [0.5, 0.6) is 5.88 Å². The van der Waals surface area contributed by atoms with Crippen molar-refractivity contribution in [1.82, 2.24) is 25.4 Å². The lowest BCUT2D eigenvalue weighted by Crippen LogP contribution is -2.11. The molecule has 3 heterocycles. The highest BCUT2D eigenvalue weighted by Gasteiger charge is 2.13. The number of aromatic nitrogens is 5. The minimum Gasteiger partial charge on any atom is -0.494 e. The van der Waals surface area contributed by atoms with Crippen LogP contribution in [0.15, 0.2) is 42.6 Å². The molecule has 25 heavy (non-hydrogen) atoms. The molecule has 122 valence electrons. The monoisotopic (exact) mass is 332 g/mol. The van der Waals surface area contributed by atoms with E-state index >= 15 is 0 Å². The Bertz CT molecular complexity index is 1260. The normalized spacial score (nSPS) is 11.5. The number of carbonyl (C=O) groups is 1. The molecule has 0 spiro atoms. The minimum atomic E-state index is -0.301. The molecule has 0 unspecified atom stereocenters. The largest absolute Gasteiger partial charge is 0.494 e. The molecule has 0 atom stereocenters. The molecule has 0 radical (unpaired) electrons. The van der Waals surface area contributed by atoms with Gasteiger partial charge in [-0.05, 0) is 18.2 Å². The van der Waals surface area contributed by atoms with Crippen molar-refractivity contribution in [3.8, 4) is 5.88 Å². The van der Waals surface area contributed by atoms with E-state index in [1.54, 1.807) is 12.3 Å². The Balaban J connectivity index is 1.62. The second-order valence-electron chi connectivity index (χ2n) is 5.80. The summed E-state index contributed by atoms with van der Waals surface area (Å²) < 4.78 is 0. The Kier molecular flexibility index (Phi) is 2.64. The standard InChI is InChI=1S/C17H12N6O2/c24-14-6-13(21-22-14)20-17(25)8-2-4-12-11(5-8)10-3-1-9-7-18-23-15(9)16(10)19-12/h1-7,19H,(H,18,23)(H3,20,21,22,24,25). The van der Waals surface area contributed by atoms with E-state index in [1.807, 2.05) is 24.3 Å². The van der Waals surface area contributed by atoms with E-state index in [0.717, 1.165) is 32.7 Å². The summed E-state index contributed by atoms with van der Waals surface area (Å²) in [6.07, 6.45) is 1.78. The lowest BCUT2D eigenvalue weighted by molar-refractivity contribution is 0.102. The van der Waals surface area contributed by atoms with Crippen LogP contribution in [-0.2, 0) is 0 Å². The van der Waals surface area contributed by atoms with E-state index in [2.05, 4.69) is 30.7 Å². The fourth-order valence-corrected chi connectivity index (χ4v) is 3.08. The number of nitrogens with zero attached hydrogens (tertiary/aromatic N) is 2. The highest BCUT2D eigenvalue weighted by Crippen LogP contribution is 2.30. The van der Waals surface area contributed by atoms with E-state index in [4.69, 9.17) is 0 Å². The van der Waals surface area contributed by atoms with Gasteiger partial charge in [0.15, 0.2) is 5.82 Å². The van der Waals surface area contributed by atoms with Crippen molar-refractivity contribution in [1.29, 1.82) is 0 Å². The smallest absolute Gasteiger partial charge is 0.256 e. The Hall–Kier alpha value is -3.81. The number of hydrogen-bond donors (Lipinski definition) is 5. The van der Waals surface area contributed by atoms with Gasteiger partial charge in [0.1, 0.15) is 0 Å². The van der Waals surface area contributed by atoms with Crippen LogP contribution in [0.1, 0.15) is 10.4 Å². The summed E-state index contributed by atoms with van der Waals surface area (Å²) in [4.78, 5) is 15.8. The van der Waals surface area contributed by atoms with Crippen LogP contribution in [-0.4, -0.2) is 36.4 Å². The summed E-state index contributed by atoms with van der Waals surface area (Å²) in [5.74, 6) is -0.142. The zero-order valence-electron chi connectivity index (χ0n) is 12.8. The van der Waals surface area contributed by atoms with Crippen molar-refractivity contribution in [2.45, 2.75) is 0 Å². The predicted octanol–water partition coefficient (Wildman–Crippen LogP) is 2.88. The first kappa shape index (κ1) is 13.6. The average molecular weight is 332 g/mol. The van der Waals surface area contributed by atoms with Gasteiger partial charge in [-0.25, -0.2) is 5.10 Å². The number of benzene rings is 2. The van der Waals surface area contributed by atoms with Crippen molar-refractivity contribution in [2.75, 3.05) is 5.32 Å². The number of anilines is 1. The third-order valence-electron chi connectivity index (χ3n) is 4.26. The molecular formula is C17H12N6O2. The van der Waals surface area contributed by atoms with Gasteiger partial charge in [-0.1, -0.05) is 12.1 Å². The van der Waals surface area contributed by atoms with Crippen LogP contribution < -0.4 is 5.32 Å². The predicted molar refractivity (Wildman–Crippen MR) is 93.7 cm³/mol. The van der Waals surface area contributed by atoms with E-state index in [1.165, 1.54) is 6.07 Å². The molecular weight excluding hydrogens is 320 g/mol. The van der Waals surface area contributed by atoms with Crippen LogP contribution in [0.25, 0.3) is 32.7 Å². The fraction of sp³-hybridized carbons (Fsp3) is 0. The zero-order valence-corrected chi connectivity index (χ0v) is 12.8. The molecule has 2 aromatic carbocycles.